The Morgan fingerprint density at radius 2 is 2.25 bits per heavy atom. The van der Waals surface area contributed by atoms with Crippen LogP contribution in [0.3, 0.4) is 0 Å². The van der Waals surface area contributed by atoms with E-state index in [2.05, 4.69) is 12.2 Å². The van der Waals surface area contributed by atoms with Crippen LogP contribution in [0.15, 0.2) is 18.2 Å². The number of nitrogens with one attached hydrogen (secondary N) is 1. The molecule has 1 aliphatic rings. The molecule has 0 aliphatic heterocycles. The number of anilines is 1. The number of nitrogens with two attached hydrogens (primary N) is 1. The van der Waals surface area contributed by atoms with Crippen LogP contribution in [0.4, 0.5) is 10.1 Å². The third-order valence-corrected chi connectivity index (χ3v) is 3.20. The number of thiocarbonyl (C=S) groups is 1. The molecule has 86 valence electrons. The molecule has 2 rings (SSSR count). The van der Waals surface area contributed by atoms with Crippen LogP contribution in [0.25, 0.3) is 0 Å². The molecular weight excluding hydrogens is 223 g/mol. The molecule has 0 spiro atoms. The summed E-state index contributed by atoms with van der Waals surface area (Å²) in [4.78, 5) is 0.223. The Hall–Kier alpha value is -1.16. The van der Waals surface area contributed by atoms with Gasteiger partial charge in [-0.3, -0.25) is 0 Å². The molecular formula is C12H15FN2S. The van der Waals surface area contributed by atoms with E-state index < -0.39 is 0 Å². The molecule has 1 aromatic carbocycles. The first-order chi connectivity index (χ1) is 7.58. The average molecular weight is 238 g/mol. The minimum Gasteiger partial charge on any atom is -0.389 e. The molecule has 0 saturated heterocycles. The third-order valence-electron chi connectivity index (χ3n) is 2.97. The van der Waals surface area contributed by atoms with Crippen molar-refractivity contribution < 1.29 is 4.39 Å². The molecule has 0 aromatic heterocycles. The first-order valence-corrected chi connectivity index (χ1v) is 5.84. The summed E-state index contributed by atoms with van der Waals surface area (Å²) in [6.07, 6.45) is 2.47. The van der Waals surface area contributed by atoms with Crippen LogP contribution in [0.5, 0.6) is 0 Å². The Bertz CT molecular complexity index is 415. The average Bonchev–Trinajstić information content (AvgIpc) is 3.03. The van der Waals surface area contributed by atoms with E-state index in [0.29, 0.717) is 23.2 Å². The molecule has 1 saturated carbocycles. The number of halogens is 1. The molecule has 1 unspecified atom stereocenters. The molecule has 0 amide bonds. The highest BCUT2D eigenvalue weighted by Crippen LogP contribution is 2.34. The van der Waals surface area contributed by atoms with Gasteiger partial charge in [-0.15, -0.1) is 0 Å². The SMILES string of the molecule is CC(Nc1ccc(C(N)=S)cc1F)C1CC1. The fourth-order valence-electron chi connectivity index (χ4n) is 1.74. The second-order valence-electron chi connectivity index (χ2n) is 4.33. The second kappa shape index (κ2) is 4.37. The quantitative estimate of drug-likeness (QED) is 0.792. The van der Waals surface area contributed by atoms with Crippen LogP contribution in [0.2, 0.25) is 0 Å². The van der Waals surface area contributed by atoms with Crippen molar-refractivity contribution in [1.82, 2.24) is 0 Å². The first-order valence-electron chi connectivity index (χ1n) is 5.44. The smallest absolute Gasteiger partial charge is 0.146 e. The minimum atomic E-state index is -0.294. The summed E-state index contributed by atoms with van der Waals surface area (Å²) >= 11 is 4.80. The van der Waals surface area contributed by atoms with Gasteiger partial charge in [0, 0.05) is 11.6 Å². The summed E-state index contributed by atoms with van der Waals surface area (Å²) in [6.45, 7) is 2.08. The number of rotatable bonds is 4. The van der Waals surface area contributed by atoms with Crippen molar-refractivity contribution in [2.24, 2.45) is 11.7 Å². The molecule has 0 bridgehead atoms. The summed E-state index contributed by atoms with van der Waals surface area (Å²) in [7, 11) is 0. The summed E-state index contributed by atoms with van der Waals surface area (Å²) in [6, 6.07) is 5.14. The van der Waals surface area contributed by atoms with Gasteiger partial charge >= 0.3 is 0 Å². The van der Waals surface area contributed by atoms with Crippen LogP contribution in [-0.4, -0.2) is 11.0 Å². The van der Waals surface area contributed by atoms with Gasteiger partial charge in [0.15, 0.2) is 0 Å². The first kappa shape index (κ1) is 11.3. The lowest BCUT2D eigenvalue weighted by atomic mass is 10.1. The van der Waals surface area contributed by atoms with Crippen LogP contribution >= 0.6 is 12.2 Å². The van der Waals surface area contributed by atoms with Crippen molar-refractivity contribution in [3.63, 3.8) is 0 Å². The van der Waals surface area contributed by atoms with Crippen LogP contribution in [-0.2, 0) is 0 Å². The van der Waals surface area contributed by atoms with Crippen molar-refractivity contribution in [3.05, 3.63) is 29.6 Å². The zero-order valence-electron chi connectivity index (χ0n) is 9.16. The molecule has 4 heteroatoms. The normalized spacial score (nSPS) is 16.9. The lowest BCUT2D eigenvalue weighted by Gasteiger charge is -2.15. The molecule has 3 N–H and O–H groups in total. The number of benzene rings is 1. The van der Waals surface area contributed by atoms with Gasteiger partial charge in [0.05, 0.1) is 5.69 Å². The van der Waals surface area contributed by atoms with E-state index in [1.807, 2.05) is 0 Å². The molecule has 0 radical (unpaired) electrons. The lowest BCUT2D eigenvalue weighted by Crippen LogP contribution is -2.18. The van der Waals surface area contributed by atoms with Crippen LogP contribution < -0.4 is 11.1 Å². The summed E-state index contributed by atoms with van der Waals surface area (Å²) in [5, 5.41) is 3.18. The van der Waals surface area contributed by atoms with E-state index >= 15 is 0 Å². The maximum atomic E-state index is 13.7. The van der Waals surface area contributed by atoms with Crippen molar-refractivity contribution >= 4 is 22.9 Å². The topological polar surface area (TPSA) is 38.0 Å². The molecule has 1 aliphatic carbocycles. The Morgan fingerprint density at radius 3 is 2.75 bits per heavy atom. The standard InChI is InChI=1S/C12H15FN2S/c1-7(8-2-3-8)15-11-5-4-9(12(14)16)6-10(11)13/h4-8,15H,2-3H2,1H3,(H2,14,16). The minimum absolute atomic E-state index is 0.223. The maximum Gasteiger partial charge on any atom is 0.146 e. The monoisotopic (exact) mass is 238 g/mol. The van der Waals surface area contributed by atoms with E-state index in [1.165, 1.54) is 18.9 Å². The van der Waals surface area contributed by atoms with E-state index in [-0.39, 0.29) is 10.8 Å². The lowest BCUT2D eigenvalue weighted by molar-refractivity contribution is 0.619. The van der Waals surface area contributed by atoms with Gasteiger partial charge in [0.2, 0.25) is 0 Å². The Balaban J connectivity index is 2.12. The van der Waals surface area contributed by atoms with Gasteiger partial charge in [-0.05, 0) is 43.9 Å². The number of hydrogen-bond acceptors (Lipinski definition) is 2. The van der Waals surface area contributed by atoms with Gasteiger partial charge in [-0.25, -0.2) is 4.39 Å². The molecule has 0 heterocycles. The second-order valence-corrected chi connectivity index (χ2v) is 4.77. The van der Waals surface area contributed by atoms with Gasteiger partial charge in [-0.2, -0.15) is 0 Å². The van der Waals surface area contributed by atoms with Crippen molar-refractivity contribution in [2.75, 3.05) is 5.32 Å². The molecule has 1 aromatic rings. The maximum absolute atomic E-state index is 13.7. The van der Waals surface area contributed by atoms with Gasteiger partial charge in [0.1, 0.15) is 10.8 Å². The predicted molar refractivity (Wildman–Crippen MR) is 68.1 cm³/mol. The van der Waals surface area contributed by atoms with E-state index in [4.69, 9.17) is 18.0 Å². The summed E-state index contributed by atoms with van der Waals surface area (Å²) in [5.41, 5.74) is 6.53. The van der Waals surface area contributed by atoms with Crippen molar-refractivity contribution in [3.8, 4) is 0 Å². The van der Waals surface area contributed by atoms with Crippen molar-refractivity contribution in [2.45, 2.75) is 25.8 Å². The highest BCUT2D eigenvalue weighted by Gasteiger charge is 2.28. The van der Waals surface area contributed by atoms with Gasteiger partial charge in [0.25, 0.3) is 0 Å². The van der Waals surface area contributed by atoms with E-state index in [9.17, 15) is 4.39 Å². The largest absolute Gasteiger partial charge is 0.389 e. The van der Waals surface area contributed by atoms with E-state index in [0.717, 1.165) is 0 Å². The van der Waals surface area contributed by atoms with Crippen LogP contribution in [0, 0.1) is 11.7 Å². The number of hydrogen-bond donors (Lipinski definition) is 2. The zero-order valence-corrected chi connectivity index (χ0v) is 9.98. The fraction of sp³-hybridized carbons (Fsp3) is 0.417. The Morgan fingerprint density at radius 1 is 1.56 bits per heavy atom. The predicted octanol–water partition coefficient (Wildman–Crippen LogP) is 2.67. The van der Waals surface area contributed by atoms with E-state index in [1.54, 1.807) is 12.1 Å². The third kappa shape index (κ3) is 2.50. The Kier molecular flexibility index (Phi) is 3.10. The Labute approximate surface area is 100 Å². The fourth-order valence-corrected chi connectivity index (χ4v) is 1.87. The molecule has 1 fully saturated rings. The molecule has 1 atom stereocenters. The molecule has 2 nitrogen and oxygen atoms in total. The summed E-state index contributed by atoms with van der Waals surface area (Å²) in [5.74, 6) is 0.396. The zero-order chi connectivity index (χ0) is 11.7. The van der Waals surface area contributed by atoms with Gasteiger partial charge in [-0.1, -0.05) is 12.2 Å². The highest BCUT2D eigenvalue weighted by molar-refractivity contribution is 7.80. The van der Waals surface area contributed by atoms with Crippen molar-refractivity contribution in [1.29, 1.82) is 0 Å². The van der Waals surface area contributed by atoms with Crippen LogP contribution in [0.1, 0.15) is 25.3 Å². The molecule has 16 heavy (non-hydrogen) atoms. The summed E-state index contributed by atoms with van der Waals surface area (Å²) < 4.78 is 13.7. The van der Waals surface area contributed by atoms with Gasteiger partial charge < -0.3 is 11.1 Å². The highest BCUT2D eigenvalue weighted by atomic mass is 32.1.